The molecule has 1 atom stereocenters. The predicted molar refractivity (Wildman–Crippen MR) is 110 cm³/mol. The second-order valence-electron chi connectivity index (χ2n) is 7.82. The van der Waals surface area contributed by atoms with Gasteiger partial charge in [0.15, 0.2) is 0 Å². The van der Waals surface area contributed by atoms with E-state index in [4.69, 9.17) is 5.73 Å². The van der Waals surface area contributed by atoms with Crippen molar-refractivity contribution in [3.63, 3.8) is 0 Å². The Bertz CT molecular complexity index is 751. The fourth-order valence-corrected chi connectivity index (χ4v) is 4.23. The number of aromatic nitrogens is 1. The van der Waals surface area contributed by atoms with Crippen molar-refractivity contribution in [2.45, 2.75) is 64.5 Å². The zero-order valence-electron chi connectivity index (χ0n) is 16.3. The monoisotopic (exact) mass is 365 g/mol. The number of nitrogens with one attached hydrogen (secondary N) is 1. The summed E-state index contributed by atoms with van der Waals surface area (Å²) in [7, 11) is 0. The summed E-state index contributed by atoms with van der Waals surface area (Å²) in [6.07, 6.45) is 12.9. The minimum atomic E-state index is -0.420. The summed E-state index contributed by atoms with van der Waals surface area (Å²) >= 11 is 0. The molecule has 4 nitrogen and oxygen atoms in total. The SMILES string of the molecule is C[C@@H](CC1CCCCCC1)NCc1ccccc1-c1cnccc1C(N)=O. The molecule has 0 saturated heterocycles. The Morgan fingerprint density at radius 2 is 1.89 bits per heavy atom. The van der Waals surface area contributed by atoms with Crippen LogP contribution in [0.1, 0.15) is 67.8 Å². The van der Waals surface area contributed by atoms with Gasteiger partial charge in [0, 0.05) is 36.1 Å². The highest BCUT2D eigenvalue weighted by atomic mass is 16.1. The molecule has 1 aromatic heterocycles. The van der Waals surface area contributed by atoms with Gasteiger partial charge in [-0.25, -0.2) is 0 Å². The number of rotatable bonds is 7. The fraction of sp³-hybridized carbons (Fsp3) is 0.478. The number of primary amides is 1. The summed E-state index contributed by atoms with van der Waals surface area (Å²) in [6, 6.07) is 10.3. The molecule has 0 bridgehead atoms. The van der Waals surface area contributed by atoms with E-state index in [2.05, 4.69) is 23.3 Å². The van der Waals surface area contributed by atoms with E-state index >= 15 is 0 Å². The van der Waals surface area contributed by atoms with Gasteiger partial charge < -0.3 is 11.1 Å². The van der Waals surface area contributed by atoms with Crippen molar-refractivity contribution >= 4 is 5.91 Å². The first kappa shape index (κ1) is 19.6. The first-order valence-corrected chi connectivity index (χ1v) is 10.2. The van der Waals surface area contributed by atoms with Crippen molar-refractivity contribution < 1.29 is 4.79 Å². The lowest BCUT2D eigenvalue weighted by molar-refractivity contribution is 0.100. The van der Waals surface area contributed by atoms with Crippen molar-refractivity contribution in [2.75, 3.05) is 0 Å². The molecule has 1 aliphatic rings. The zero-order chi connectivity index (χ0) is 19.1. The normalized spacial score (nSPS) is 16.6. The van der Waals surface area contributed by atoms with Crippen LogP contribution in [0.2, 0.25) is 0 Å². The molecule has 1 aliphatic carbocycles. The molecule has 3 rings (SSSR count). The van der Waals surface area contributed by atoms with E-state index in [1.165, 1.54) is 50.5 Å². The summed E-state index contributed by atoms with van der Waals surface area (Å²) in [5.41, 5.74) is 9.07. The fourth-order valence-electron chi connectivity index (χ4n) is 4.23. The summed E-state index contributed by atoms with van der Waals surface area (Å²) in [6.45, 7) is 3.06. The summed E-state index contributed by atoms with van der Waals surface area (Å²) < 4.78 is 0. The standard InChI is InChI=1S/C23H31N3O/c1-17(14-18-8-4-2-3-5-9-18)26-15-19-10-6-7-11-20(19)22-16-25-13-12-21(22)23(24)27/h6-7,10-13,16-18,26H,2-5,8-9,14-15H2,1H3,(H2,24,27)/t17-/m0/s1. The first-order valence-electron chi connectivity index (χ1n) is 10.2. The van der Waals surface area contributed by atoms with Gasteiger partial charge in [-0.05, 0) is 36.5 Å². The first-order chi connectivity index (χ1) is 13.1. The van der Waals surface area contributed by atoms with Gasteiger partial charge in [0.2, 0.25) is 5.91 Å². The van der Waals surface area contributed by atoms with Crippen molar-refractivity contribution in [2.24, 2.45) is 11.7 Å². The van der Waals surface area contributed by atoms with E-state index in [-0.39, 0.29) is 0 Å². The Hall–Kier alpha value is -2.20. The molecule has 1 aromatic carbocycles. The average Bonchev–Trinajstić information content (AvgIpc) is 2.95. The van der Waals surface area contributed by atoms with Crippen LogP contribution in [0, 0.1) is 5.92 Å². The highest BCUT2D eigenvalue weighted by molar-refractivity contribution is 5.99. The molecule has 0 aliphatic heterocycles. The van der Waals surface area contributed by atoms with Crippen LogP contribution in [0.3, 0.4) is 0 Å². The van der Waals surface area contributed by atoms with E-state index in [0.717, 1.165) is 23.6 Å². The molecule has 2 aromatic rings. The number of carbonyl (C=O) groups excluding carboxylic acids is 1. The lowest BCUT2D eigenvalue weighted by Gasteiger charge is -2.21. The Morgan fingerprint density at radius 3 is 2.63 bits per heavy atom. The summed E-state index contributed by atoms with van der Waals surface area (Å²) in [5.74, 6) is 0.432. The molecule has 27 heavy (non-hydrogen) atoms. The maximum Gasteiger partial charge on any atom is 0.249 e. The lowest BCUT2D eigenvalue weighted by atomic mass is 9.92. The van der Waals surface area contributed by atoms with Crippen LogP contribution in [0.25, 0.3) is 11.1 Å². The number of nitrogens with two attached hydrogens (primary N) is 1. The maximum absolute atomic E-state index is 11.8. The number of hydrogen-bond acceptors (Lipinski definition) is 3. The number of carbonyl (C=O) groups is 1. The minimum absolute atomic E-state index is 0.420. The van der Waals surface area contributed by atoms with Crippen molar-refractivity contribution in [1.29, 1.82) is 0 Å². The molecule has 1 amide bonds. The molecule has 1 fully saturated rings. The number of hydrogen-bond donors (Lipinski definition) is 2. The maximum atomic E-state index is 11.8. The molecule has 1 heterocycles. The summed E-state index contributed by atoms with van der Waals surface area (Å²) in [5, 5.41) is 3.69. The van der Waals surface area contributed by atoms with E-state index < -0.39 is 5.91 Å². The zero-order valence-corrected chi connectivity index (χ0v) is 16.3. The molecule has 0 unspecified atom stereocenters. The van der Waals surface area contributed by atoms with Crippen molar-refractivity contribution in [3.05, 3.63) is 53.9 Å². The minimum Gasteiger partial charge on any atom is -0.366 e. The van der Waals surface area contributed by atoms with E-state index in [0.29, 0.717) is 11.6 Å². The molecule has 1 saturated carbocycles. The van der Waals surface area contributed by atoms with Gasteiger partial charge >= 0.3 is 0 Å². The van der Waals surface area contributed by atoms with Crippen LogP contribution >= 0.6 is 0 Å². The molecular formula is C23H31N3O. The molecule has 3 N–H and O–H groups in total. The number of amides is 1. The highest BCUT2D eigenvalue weighted by Crippen LogP contribution is 2.28. The van der Waals surface area contributed by atoms with Crippen molar-refractivity contribution in [1.82, 2.24) is 10.3 Å². The Kier molecular flexibility index (Phi) is 6.99. The quantitative estimate of drug-likeness (QED) is 0.700. The third-order valence-electron chi connectivity index (χ3n) is 5.70. The molecular weight excluding hydrogens is 334 g/mol. The summed E-state index contributed by atoms with van der Waals surface area (Å²) in [4.78, 5) is 16.0. The van der Waals surface area contributed by atoms with Gasteiger partial charge in [-0.2, -0.15) is 0 Å². The molecule has 144 valence electrons. The number of nitrogens with zero attached hydrogens (tertiary/aromatic N) is 1. The Balaban J connectivity index is 1.69. The molecule has 0 spiro atoms. The van der Waals surface area contributed by atoms with Gasteiger partial charge in [-0.1, -0.05) is 62.8 Å². The number of benzene rings is 1. The van der Waals surface area contributed by atoms with Crippen molar-refractivity contribution in [3.8, 4) is 11.1 Å². The van der Waals surface area contributed by atoms with Crippen LogP contribution in [-0.2, 0) is 6.54 Å². The van der Waals surface area contributed by atoms with E-state index in [1.54, 1.807) is 18.5 Å². The van der Waals surface area contributed by atoms with Gasteiger partial charge in [0.25, 0.3) is 0 Å². The predicted octanol–water partition coefficient (Wildman–Crippen LogP) is 4.69. The second kappa shape index (κ2) is 9.65. The smallest absolute Gasteiger partial charge is 0.249 e. The van der Waals surface area contributed by atoms with Crippen LogP contribution in [0.15, 0.2) is 42.7 Å². The Labute approximate surface area is 162 Å². The third-order valence-corrected chi connectivity index (χ3v) is 5.70. The second-order valence-corrected chi connectivity index (χ2v) is 7.82. The van der Waals surface area contributed by atoms with Crippen LogP contribution < -0.4 is 11.1 Å². The highest BCUT2D eigenvalue weighted by Gasteiger charge is 2.17. The molecule has 4 heteroatoms. The largest absolute Gasteiger partial charge is 0.366 e. The average molecular weight is 366 g/mol. The van der Waals surface area contributed by atoms with Crippen LogP contribution in [0.4, 0.5) is 0 Å². The Morgan fingerprint density at radius 1 is 1.15 bits per heavy atom. The van der Waals surface area contributed by atoms with Gasteiger partial charge in [0.05, 0.1) is 0 Å². The van der Waals surface area contributed by atoms with E-state index in [1.807, 2.05) is 18.2 Å². The van der Waals surface area contributed by atoms with Gasteiger partial charge in [0.1, 0.15) is 0 Å². The van der Waals surface area contributed by atoms with Crippen LogP contribution in [0.5, 0.6) is 0 Å². The lowest BCUT2D eigenvalue weighted by Crippen LogP contribution is -2.28. The van der Waals surface area contributed by atoms with E-state index in [9.17, 15) is 4.79 Å². The van der Waals surface area contributed by atoms with Gasteiger partial charge in [-0.15, -0.1) is 0 Å². The third kappa shape index (κ3) is 5.39. The van der Waals surface area contributed by atoms with Crippen LogP contribution in [-0.4, -0.2) is 16.9 Å². The number of pyridine rings is 1. The molecule has 0 radical (unpaired) electrons. The topological polar surface area (TPSA) is 68.0 Å². The van der Waals surface area contributed by atoms with Gasteiger partial charge in [-0.3, -0.25) is 9.78 Å².